The maximum Gasteiger partial charge on any atom is 0.124 e. The predicted molar refractivity (Wildman–Crippen MR) is 71.2 cm³/mol. The first-order valence-electron chi connectivity index (χ1n) is 4.90. The van der Waals surface area contributed by atoms with Crippen molar-refractivity contribution in [3.63, 3.8) is 0 Å². The predicted octanol–water partition coefficient (Wildman–Crippen LogP) is 3.40. The van der Waals surface area contributed by atoms with Gasteiger partial charge in [0.1, 0.15) is 11.6 Å². The summed E-state index contributed by atoms with van der Waals surface area (Å²) >= 11 is 0. The van der Waals surface area contributed by atoms with Crippen molar-refractivity contribution >= 4 is 30.4 Å². The molecule has 1 aromatic heterocycles. The fourth-order valence-corrected chi connectivity index (χ4v) is 1.35. The zero-order valence-electron chi connectivity index (χ0n) is 9.01. The van der Waals surface area contributed by atoms with Crippen LogP contribution in [0.2, 0.25) is 0 Å². The molecule has 0 bridgehead atoms. The highest BCUT2D eigenvalue weighted by Crippen LogP contribution is 2.09. The molecule has 0 unspecified atom stereocenters. The van der Waals surface area contributed by atoms with E-state index in [1.165, 1.54) is 12.1 Å². The first kappa shape index (κ1) is 13.2. The molecule has 4 heteroatoms. The Morgan fingerprint density at radius 2 is 1.82 bits per heavy atom. The highest BCUT2D eigenvalue weighted by Gasteiger charge is 1.92. The van der Waals surface area contributed by atoms with Gasteiger partial charge in [-0.25, -0.2) is 9.37 Å². The van der Waals surface area contributed by atoms with Gasteiger partial charge < -0.3 is 5.73 Å². The van der Waals surface area contributed by atoms with Gasteiger partial charge in [0.15, 0.2) is 0 Å². The molecule has 88 valence electrons. The van der Waals surface area contributed by atoms with E-state index in [4.69, 9.17) is 5.73 Å². The molecule has 17 heavy (non-hydrogen) atoms. The summed E-state index contributed by atoms with van der Waals surface area (Å²) in [5.41, 5.74) is 7.10. The zero-order chi connectivity index (χ0) is 11.4. The van der Waals surface area contributed by atoms with Gasteiger partial charge in [0.2, 0.25) is 0 Å². The normalized spacial score (nSPS) is 10.2. The van der Waals surface area contributed by atoms with Crippen LogP contribution >= 0.6 is 12.4 Å². The fraction of sp³-hybridized carbons (Fsp3) is 0. The molecule has 0 spiro atoms. The number of nitrogen functional groups attached to an aromatic ring is 1. The standard InChI is InChI=1S/C13H11FN2.ClH/c14-11-4-1-3-10(9-11)7-8-12-5-2-6-13(15)16-12;/h1-9H,(H2,15,16);1H. The molecule has 0 aliphatic carbocycles. The van der Waals surface area contributed by atoms with Crippen LogP contribution in [0, 0.1) is 5.82 Å². The van der Waals surface area contributed by atoms with Crippen LogP contribution in [-0.4, -0.2) is 4.98 Å². The Labute approximate surface area is 105 Å². The lowest BCUT2D eigenvalue weighted by atomic mass is 10.2. The van der Waals surface area contributed by atoms with Crippen LogP contribution in [0.15, 0.2) is 42.5 Å². The van der Waals surface area contributed by atoms with Crippen molar-refractivity contribution in [1.29, 1.82) is 0 Å². The van der Waals surface area contributed by atoms with Gasteiger partial charge in [-0.15, -0.1) is 12.4 Å². The zero-order valence-corrected chi connectivity index (χ0v) is 9.82. The van der Waals surface area contributed by atoms with E-state index in [0.717, 1.165) is 11.3 Å². The molecular formula is C13H12ClFN2. The van der Waals surface area contributed by atoms with Crippen molar-refractivity contribution in [2.45, 2.75) is 0 Å². The number of anilines is 1. The molecule has 0 saturated heterocycles. The molecule has 0 saturated carbocycles. The minimum atomic E-state index is -0.248. The quantitative estimate of drug-likeness (QED) is 0.887. The average molecular weight is 251 g/mol. The molecular weight excluding hydrogens is 239 g/mol. The number of nitrogens with zero attached hydrogens (tertiary/aromatic N) is 1. The second kappa shape index (κ2) is 6.01. The van der Waals surface area contributed by atoms with Gasteiger partial charge in [0.25, 0.3) is 0 Å². The molecule has 2 N–H and O–H groups in total. The molecule has 0 radical (unpaired) electrons. The number of pyridine rings is 1. The van der Waals surface area contributed by atoms with Crippen molar-refractivity contribution in [3.05, 3.63) is 59.5 Å². The monoisotopic (exact) mass is 250 g/mol. The van der Waals surface area contributed by atoms with Crippen molar-refractivity contribution in [3.8, 4) is 0 Å². The van der Waals surface area contributed by atoms with E-state index in [1.54, 1.807) is 24.3 Å². The Balaban J connectivity index is 0.00000144. The molecule has 0 fully saturated rings. The Morgan fingerprint density at radius 1 is 1.06 bits per heavy atom. The van der Waals surface area contributed by atoms with Crippen molar-refractivity contribution < 1.29 is 4.39 Å². The lowest BCUT2D eigenvalue weighted by Crippen LogP contribution is -1.90. The Morgan fingerprint density at radius 3 is 2.53 bits per heavy atom. The Hall–Kier alpha value is -1.87. The van der Waals surface area contributed by atoms with E-state index in [2.05, 4.69) is 4.98 Å². The minimum Gasteiger partial charge on any atom is -0.384 e. The third-order valence-electron chi connectivity index (χ3n) is 2.09. The van der Waals surface area contributed by atoms with Crippen LogP contribution < -0.4 is 5.73 Å². The number of nitrogens with two attached hydrogens (primary N) is 1. The highest BCUT2D eigenvalue weighted by atomic mass is 35.5. The lowest BCUT2D eigenvalue weighted by Gasteiger charge is -1.95. The summed E-state index contributed by atoms with van der Waals surface area (Å²) in [6, 6.07) is 11.8. The molecule has 0 amide bonds. The van der Waals surface area contributed by atoms with Crippen molar-refractivity contribution in [1.82, 2.24) is 4.98 Å². The molecule has 2 aromatic rings. The number of rotatable bonds is 2. The number of halogens is 2. The van der Waals surface area contributed by atoms with E-state index in [1.807, 2.05) is 18.2 Å². The maximum atomic E-state index is 12.9. The maximum absolute atomic E-state index is 12.9. The van der Waals surface area contributed by atoms with E-state index in [0.29, 0.717) is 5.82 Å². The second-order valence-electron chi connectivity index (χ2n) is 3.38. The minimum absolute atomic E-state index is 0. The van der Waals surface area contributed by atoms with Gasteiger partial charge in [-0.05, 0) is 35.9 Å². The summed E-state index contributed by atoms with van der Waals surface area (Å²) in [7, 11) is 0. The number of hydrogen-bond acceptors (Lipinski definition) is 2. The van der Waals surface area contributed by atoms with Crippen LogP contribution in [0.25, 0.3) is 12.2 Å². The number of aromatic nitrogens is 1. The van der Waals surface area contributed by atoms with Crippen LogP contribution in [0.5, 0.6) is 0 Å². The molecule has 2 nitrogen and oxygen atoms in total. The van der Waals surface area contributed by atoms with E-state index in [-0.39, 0.29) is 18.2 Å². The van der Waals surface area contributed by atoms with Crippen LogP contribution in [0.4, 0.5) is 10.2 Å². The molecule has 1 aromatic carbocycles. The second-order valence-corrected chi connectivity index (χ2v) is 3.38. The smallest absolute Gasteiger partial charge is 0.124 e. The topological polar surface area (TPSA) is 38.9 Å². The van der Waals surface area contributed by atoms with E-state index < -0.39 is 0 Å². The van der Waals surface area contributed by atoms with E-state index >= 15 is 0 Å². The summed E-state index contributed by atoms with van der Waals surface area (Å²) in [5, 5.41) is 0. The lowest BCUT2D eigenvalue weighted by molar-refractivity contribution is 0.627. The summed E-state index contributed by atoms with van der Waals surface area (Å²) in [5.74, 6) is 0.226. The first-order valence-corrected chi connectivity index (χ1v) is 4.90. The van der Waals surface area contributed by atoms with Gasteiger partial charge in [-0.1, -0.05) is 24.3 Å². The van der Waals surface area contributed by atoms with Gasteiger partial charge >= 0.3 is 0 Å². The van der Waals surface area contributed by atoms with Gasteiger partial charge in [0.05, 0.1) is 5.69 Å². The summed E-state index contributed by atoms with van der Waals surface area (Å²) < 4.78 is 12.9. The molecule has 0 atom stereocenters. The van der Waals surface area contributed by atoms with Crippen LogP contribution in [-0.2, 0) is 0 Å². The molecule has 1 heterocycles. The third-order valence-corrected chi connectivity index (χ3v) is 2.09. The summed E-state index contributed by atoms with van der Waals surface area (Å²) in [6.07, 6.45) is 3.59. The SMILES string of the molecule is Cl.Nc1cccc(C=Cc2cccc(F)c2)n1. The van der Waals surface area contributed by atoms with Crippen LogP contribution in [0.1, 0.15) is 11.3 Å². The van der Waals surface area contributed by atoms with E-state index in [9.17, 15) is 4.39 Å². The van der Waals surface area contributed by atoms with Crippen molar-refractivity contribution in [2.75, 3.05) is 5.73 Å². The summed E-state index contributed by atoms with van der Waals surface area (Å²) in [4.78, 5) is 4.11. The largest absolute Gasteiger partial charge is 0.384 e. The van der Waals surface area contributed by atoms with Crippen molar-refractivity contribution in [2.24, 2.45) is 0 Å². The number of hydrogen-bond donors (Lipinski definition) is 1. The number of benzene rings is 1. The summed E-state index contributed by atoms with van der Waals surface area (Å²) in [6.45, 7) is 0. The van der Waals surface area contributed by atoms with Gasteiger partial charge in [-0.3, -0.25) is 0 Å². The molecule has 0 aliphatic rings. The first-order chi connectivity index (χ1) is 7.74. The van der Waals surface area contributed by atoms with Gasteiger partial charge in [-0.2, -0.15) is 0 Å². The van der Waals surface area contributed by atoms with Crippen LogP contribution in [0.3, 0.4) is 0 Å². The molecule has 2 rings (SSSR count). The Bertz CT molecular complexity index is 479. The fourth-order valence-electron chi connectivity index (χ4n) is 1.35. The van der Waals surface area contributed by atoms with Gasteiger partial charge in [0, 0.05) is 0 Å². The third kappa shape index (κ3) is 3.89. The Kier molecular flexibility index (Phi) is 4.67. The highest BCUT2D eigenvalue weighted by molar-refractivity contribution is 5.85. The molecule has 0 aliphatic heterocycles. The average Bonchev–Trinajstić information content (AvgIpc) is 2.27.